The number of anilines is 1. The molecule has 0 saturated carbocycles. The van der Waals surface area contributed by atoms with Crippen molar-refractivity contribution in [2.75, 3.05) is 18.1 Å². The van der Waals surface area contributed by atoms with E-state index in [-0.39, 0.29) is 12.4 Å². The van der Waals surface area contributed by atoms with E-state index < -0.39 is 0 Å². The highest BCUT2D eigenvalue weighted by Gasteiger charge is 2.16. The Kier molecular flexibility index (Phi) is 5.51. The van der Waals surface area contributed by atoms with Crippen molar-refractivity contribution in [3.63, 3.8) is 0 Å². The maximum Gasteiger partial charge on any atom is 0.117 e. The molecule has 5 heteroatoms. The average Bonchev–Trinajstić information content (AvgIpc) is 2.75. The van der Waals surface area contributed by atoms with Gasteiger partial charge in [0.05, 0.1) is 12.2 Å². The lowest BCUT2D eigenvalue weighted by atomic mass is 10.3. The van der Waals surface area contributed by atoms with Gasteiger partial charge in [0, 0.05) is 17.4 Å². The van der Waals surface area contributed by atoms with E-state index in [4.69, 9.17) is 0 Å². The maximum absolute atomic E-state index is 4.37. The van der Waals surface area contributed by atoms with E-state index in [0.717, 1.165) is 29.0 Å². The normalized spacial score (nSPS) is 16.5. The van der Waals surface area contributed by atoms with Crippen LogP contribution in [0.4, 0.5) is 5.69 Å². The number of rotatable bonds is 3. The van der Waals surface area contributed by atoms with Crippen LogP contribution in [0.15, 0.2) is 46.4 Å². The third-order valence-electron chi connectivity index (χ3n) is 2.37. The molecular weight excluding hydrogens is 302 g/mol. The molecule has 92 valence electrons. The second-order valence-electron chi connectivity index (χ2n) is 3.57. The Labute approximate surface area is 116 Å². The van der Waals surface area contributed by atoms with Crippen molar-refractivity contribution in [3.8, 4) is 0 Å². The van der Waals surface area contributed by atoms with Crippen molar-refractivity contribution in [2.24, 2.45) is 4.99 Å². The Bertz CT molecular complexity index is 420. The first-order valence-electron chi connectivity index (χ1n) is 5.23. The number of benzene rings is 1. The van der Waals surface area contributed by atoms with Gasteiger partial charge in [-0.2, -0.15) is 0 Å². The molecule has 1 saturated heterocycles. The topological polar surface area (TPSA) is 27.6 Å². The number of hydrogen-bond acceptors (Lipinski definition) is 2. The van der Waals surface area contributed by atoms with Crippen molar-refractivity contribution < 1.29 is 0 Å². The van der Waals surface area contributed by atoms with Crippen molar-refractivity contribution in [2.45, 2.75) is 6.42 Å². The zero-order valence-electron chi connectivity index (χ0n) is 9.40. The molecule has 1 aromatic carbocycles. The molecule has 0 aromatic heterocycles. The molecule has 0 radical (unpaired) electrons. The summed E-state index contributed by atoms with van der Waals surface area (Å²) in [6.45, 7) is 5.28. The molecule has 0 unspecified atom stereocenters. The monoisotopic (exact) mass is 315 g/mol. The van der Waals surface area contributed by atoms with E-state index >= 15 is 0 Å². The Morgan fingerprint density at radius 3 is 3.06 bits per heavy atom. The zero-order valence-corrected chi connectivity index (χ0v) is 11.8. The summed E-state index contributed by atoms with van der Waals surface area (Å²) >= 11 is 3.47. The van der Waals surface area contributed by atoms with Crippen molar-refractivity contribution in [1.29, 1.82) is 0 Å². The van der Waals surface area contributed by atoms with Gasteiger partial charge >= 0.3 is 0 Å². The summed E-state index contributed by atoms with van der Waals surface area (Å²) in [5.41, 5.74) is 4.44. The van der Waals surface area contributed by atoms with E-state index in [1.54, 1.807) is 6.08 Å². The van der Waals surface area contributed by atoms with Crippen LogP contribution in [0.5, 0.6) is 0 Å². The third-order valence-corrected chi connectivity index (χ3v) is 2.86. The number of amidine groups is 1. The lowest BCUT2D eigenvalue weighted by molar-refractivity contribution is 0.856. The molecule has 1 aliphatic heterocycles. The van der Waals surface area contributed by atoms with Crippen LogP contribution in [0.1, 0.15) is 6.42 Å². The second-order valence-corrected chi connectivity index (χ2v) is 4.49. The fraction of sp³-hybridized carbons (Fsp3) is 0.250. The van der Waals surface area contributed by atoms with Gasteiger partial charge in [0.25, 0.3) is 0 Å². The minimum atomic E-state index is 0. The molecule has 1 heterocycles. The number of nitrogens with zero attached hydrogens (tertiary/aromatic N) is 2. The highest BCUT2D eigenvalue weighted by Crippen LogP contribution is 2.20. The summed E-state index contributed by atoms with van der Waals surface area (Å²) in [5, 5.41) is 2.10. The Morgan fingerprint density at radius 1 is 1.53 bits per heavy atom. The molecule has 3 nitrogen and oxygen atoms in total. The van der Waals surface area contributed by atoms with Crippen LogP contribution in [0.3, 0.4) is 0 Å². The van der Waals surface area contributed by atoms with Gasteiger partial charge in [-0.15, -0.1) is 19.0 Å². The molecule has 2 rings (SSSR count). The van der Waals surface area contributed by atoms with Crippen LogP contribution in [0.2, 0.25) is 0 Å². The van der Waals surface area contributed by atoms with E-state index in [0.29, 0.717) is 6.54 Å². The smallest absolute Gasteiger partial charge is 0.117 e. The molecule has 1 aromatic rings. The van der Waals surface area contributed by atoms with Crippen LogP contribution in [-0.2, 0) is 0 Å². The molecule has 0 amide bonds. The lowest BCUT2D eigenvalue weighted by Crippen LogP contribution is -2.33. The fourth-order valence-corrected chi connectivity index (χ4v) is 2.00. The Morgan fingerprint density at radius 2 is 2.35 bits per heavy atom. The van der Waals surface area contributed by atoms with Gasteiger partial charge in [0.2, 0.25) is 0 Å². The third kappa shape index (κ3) is 3.75. The number of hydrogen-bond donors (Lipinski definition) is 1. The highest BCUT2D eigenvalue weighted by molar-refractivity contribution is 9.10. The molecule has 1 N–H and O–H groups in total. The van der Waals surface area contributed by atoms with Crippen molar-refractivity contribution >= 4 is 39.9 Å². The van der Waals surface area contributed by atoms with Gasteiger partial charge in [-0.1, -0.05) is 28.1 Å². The first-order chi connectivity index (χ1) is 7.79. The first-order valence-corrected chi connectivity index (χ1v) is 6.03. The number of hydrazine groups is 1. The molecule has 1 aliphatic rings. The average molecular weight is 317 g/mol. The SMILES string of the molecule is C=CCN=C1CCN(c2cccc(Br)c2)N1.Cl. The summed E-state index contributed by atoms with van der Waals surface area (Å²) in [6, 6.07) is 8.21. The van der Waals surface area contributed by atoms with Gasteiger partial charge in [0.1, 0.15) is 5.84 Å². The Balaban J connectivity index is 0.00000144. The van der Waals surface area contributed by atoms with Crippen molar-refractivity contribution in [3.05, 3.63) is 41.4 Å². The van der Waals surface area contributed by atoms with Gasteiger partial charge in [-0.3, -0.25) is 15.4 Å². The number of aliphatic imine (C=N–C) groups is 1. The van der Waals surface area contributed by atoms with Crippen LogP contribution in [0, 0.1) is 0 Å². The van der Waals surface area contributed by atoms with Crippen LogP contribution in [-0.4, -0.2) is 18.9 Å². The van der Waals surface area contributed by atoms with Gasteiger partial charge in [0.15, 0.2) is 0 Å². The largest absolute Gasteiger partial charge is 0.286 e. The summed E-state index contributed by atoms with van der Waals surface area (Å²) in [4.78, 5) is 4.37. The summed E-state index contributed by atoms with van der Waals surface area (Å²) < 4.78 is 1.09. The van der Waals surface area contributed by atoms with Gasteiger partial charge in [-0.05, 0) is 18.2 Å². The molecule has 0 aliphatic carbocycles. The zero-order chi connectivity index (χ0) is 11.4. The van der Waals surface area contributed by atoms with Crippen LogP contribution < -0.4 is 10.4 Å². The second kappa shape index (κ2) is 6.67. The standard InChI is InChI=1S/C12H14BrN3.ClH/c1-2-7-14-12-6-8-16(15-12)11-5-3-4-10(13)9-11;/h2-5,9H,1,6-8H2,(H,14,15);1H. The number of nitrogens with one attached hydrogen (secondary N) is 1. The van der Waals surface area contributed by atoms with Crippen LogP contribution in [0.25, 0.3) is 0 Å². The van der Waals surface area contributed by atoms with Crippen LogP contribution >= 0.6 is 28.3 Å². The maximum atomic E-state index is 4.37. The predicted molar refractivity (Wildman–Crippen MR) is 79.0 cm³/mol. The molecule has 0 atom stereocenters. The molecule has 0 spiro atoms. The lowest BCUT2D eigenvalue weighted by Gasteiger charge is -2.18. The quantitative estimate of drug-likeness (QED) is 0.867. The molecule has 17 heavy (non-hydrogen) atoms. The molecule has 1 fully saturated rings. The van der Waals surface area contributed by atoms with E-state index in [1.807, 2.05) is 12.1 Å². The van der Waals surface area contributed by atoms with Gasteiger partial charge in [-0.25, -0.2) is 0 Å². The highest BCUT2D eigenvalue weighted by atomic mass is 79.9. The summed E-state index contributed by atoms with van der Waals surface area (Å²) in [5.74, 6) is 1.03. The summed E-state index contributed by atoms with van der Waals surface area (Å²) in [6.07, 6.45) is 2.76. The summed E-state index contributed by atoms with van der Waals surface area (Å²) in [7, 11) is 0. The predicted octanol–water partition coefficient (Wildman–Crippen LogP) is 3.17. The first kappa shape index (κ1) is 14.1. The van der Waals surface area contributed by atoms with Gasteiger partial charge < -0.3 is 0 Å². The number of halogens is 2. The Hall–Kier alpha value is -1.000. The fourth-order valence-electron chi connectivity index (χ4n) is 1.61. The van der Waals surface area contributed by atoms with E-state index in [1.165, 1.54) is 0 Å². The minimum Gasteiger partial charge on any atom is -0.286 e. The van der Waals surface area contributed by atoms with E-state index in [9.17, 15) is 0 Å². The molecular formula is C12H15BrClN3. The van der Waals surface area contributed by atoms with Crippen molar-refractivity contribution in [1.82, 2.24) is 5.43 Å². The molecule has 0 bridgehead atoms. The van der Waals surface area contributed by atoms with E-state index in [2.05, 4.69) is 50.1 Å². The minimum absolute atomic E-state index is 0.